The maximum atomic E-state index is 13.0. The van der Waals surface area contributed by atoms with E-state index in [9.17, 15) is 22.0 Å². The first-order chi connectivity index (χ1) is 8.84. The van der Waals surface area contributed by atoms with Crippen LogP contribution < -0.4 is 5.32 Å². The third-order valence-corrected chi connectivity index (χ3v) is 3.36. The van der Waals surface area contributed by atoms with Gasteiger partial charge in [-0.05, 0) is 43.5 Å². The summed E-state index contributed by atoms with van der Waals surface area (Å²) in [6, 6.07) is 2.65. The molecule has 2 atom stereocenters. The topological polar surface area (TPSA) is 12.0 Å². The minimum atomic E-state index is -4.20. The standard InChI is InChI=1S/C13H14F5N/c14-10-3-8(4-11(15)7-10)5-12-6-9(1-2-19-12)13(16,17)18/h3-4,7,9,12,19H,1-2,5-6H2. The zero-order valence-electron chi connectivity index (χ0n) is 10.1. The summed E-state index contributed by atoms with van der Waals surface area (Å²) >= 11 is 0. The normalized spacial score (nSPS) is 24.5. The summed E-state index contributed by atoms with van der Waals surface area (Å²) < 4.78 is 63.9. The van der Waals surface area contributed by atoms with Crippen LogP contribution in [0.1, 0.15) is 18.4 Å². The highest BCUT2D eigenvalue weighted by atomic mass is 19.4. The van der Waals surface area contributed by atoms with Gasteiger partial charge in [-0.15, -0.1) is 0 Å². The van der Waals surface area contributed by atoms with Crippen LogP contribution in [0.2, 0.25) is 0 Å². The minimum Gasteiger partial charge on any atom is -0.314 e. The Morgan fingerprint density at radius 3 is 2.32 bits per heavy atom. The predicted molar refractivity (Wildman–Crippen MR) is 60.6 cm³/mol. The van der Waals surface area contributed by atoms with E-state index < -0.39 is 29.8 Å². The third-order valence-electron chi connectivity index (χ3n) is 3.36. The molecule has 0 aliphatic carbocycles. The lowest BCUT2D eigenvalue weighted by atomic mass is 9.89. The summed E-state index contributed by atoms with van der Waals surface area (Å²) in [5.74, 6) is -2.76. The van der Waals surface area contributed by atoms with E-state index in [-0.39, 0.29) is 25.8 Å². The molecule has 2 unspecified atom stereocenters. The Morgan fingerprint density at radius 2 is 1.74 bits per heavy atom. The molecule has 1 saturated heterocycles. The van der Waals surface area contributed by atoms with Crippen molar-refractivity contribution in [1.82, 2.24) is 5.32 Å². The van der Waals surface area contributed by atoms with Crippen molar-refractivity contribution in [1.29, 1.82) is 0 Å². The van der Waals surface area contributed by atoms with Crippen LogP contribution in [0.5, 0.6) is 0 Å². The molecule has 106 valence electrons. The van der Waals surface area contributed by atoms with E-state index in [1.54, 1.807) is 0 Å². The Labute approximate surface area is 107 Å². The van der Waals surface area contributed by atoms with Crippen molar-refractivity contribution in [3.63, 3.8) is 0 Å². The SMILES string of the molecule is Fc1cc(F)cc(CC2CC(C(F)(F)F)CCN2)c1. The van der Waals surface area contributed by atoms with Gasteiger partial charge < -0.3 is 5.32 Å². The Kier molecular flexibility index (Phi) is 4.08. The molecular weight excluding hydrogens is 265 g/mol. The second kappa shape index (κ2) is 5.45. The van der Waals surface area contributed by atoms with Gasteiger partial charge in [0.2, 0.25) is 0 Å². The average molecular weight is 279 g/mol. The molecule has 0 spiro atoms. The van der Waals surface area contributed by atoms with Crippen molar-refractivity contribution in [3.05, 3.63) is 35.4 Å². The van der Waals surface area contributed by atoms with Gasteiger partial charge in [0.05, 0.1) is 5.92 Å². The van der Waals surface area contributed by atoms with Crippen LogP contribution >= 0.6 is 0 Å². The zero-order chi connectivity index (χ0) is 14.0. The summed E-state index contributed by atoms with van der Waals surface area (Å²) in [5.41, 5.74) is 0.373. The number of alkyl halides is 3. The van der Waals surface area contributed by atoms with Gasteiger partial charge in [0.25, 0.3) is 0 Å². The van der Waals surface area contributed by atoms with Crippen LogP contribution in [0.25, 0.3) is 0 Å². The molecule has 0 saturated carbocycles. The van der Waals surface area contributed by atoms with Gasteiger partial charge in [-0.3, -0.25) is 0 Å². The van der Waals surface area contributed by atoms with Gasteiger partial charge >= 0.3 is 6.18 Å². The Bertz CT molecular complexity index is 423. The smallest absolute Gasteiger partial charge is 0.314 e. The molecular formula is C13H14F5N. The highest BCUT2D eigenvalue weighted by Gasteiger charge is 2.42. The molecule has 1 N–H and O–H groups in total. The number of halogens is 5. The van der Waals surface area contributed by atoms with Gasteiger partial charge in [-0.1, -0.05) is 0 Å². The molecule has 0 aromatic heterocycles. The first kappa shape index (κ1) is 14.2. The molecule has 1 fully saturated rings. The lowest BCUT2D eigenvalue weighted by Crippen LogP contribution is -2.43. The molecule has 0 amide bonds. The second-order valence-electron chi connectivity index (χ2n) is 4.90. The lowest BCUT2D eigenvalue weighted by Gasteiger charge is -2.31. The quantitative estimate of drug-likeness (QED) is 0.818. The largest absolute Gasteiger partial charge is 0.391 e. The molecule has 2 rings (SSSR count). The zero-order valence-corrected chi connectivity index (χ0v) is 10.1. The van der Waals surface area contributed by atoms with Gasteiger partial charge in [0.1, 0.15) is 11.6 Å². The molecule has 1 aliphatic rings. The summed E-state index contributed by atoms with van der Waals surface area (Å²) in [5, 5.41) is 2.96. The predicted octanol–water partition coefficient (Wildman–Crippen LogP) is 3.44. The molecule has 1 heterocycles. The number of hydrogen-bond donors (Lipinski definition) is 1. The molecule has 0 radical (unpaired) electrons. The van der Waals surface area contributed by atoms with E-state index >= 15 is 0 Å². The minimum absolute atomic E-state index is 0.0531. The van der Waals surface area contributed by atoms with Crippen molar-refractivity contribution >= 4 is 0 Å². The number of benzene rings is 1. The number of hydrogen-bond acceptors (Lipinski definition) is 1. The Morgan fingerprint density at radius 1 is 1.11 bits per heavy atom. The van der Waals surface area contributed by atoms with E-state index in [1.807, 2.05) is 0 Å². The number of rotatable bonds is 2. The van der Waals surface area contributed by atoms with Crippen LogP contribution in [0.15, 0.2) is 18.2 Å². The van der Waals surface area contributed by atoms with Crippen molar-refractivity contribution < 1.29 is 22.0 Å². The van der Waals surface area contributed by atoms with Crippen LogP contribution in [0.4, 0.5) is 22.0 Å². The summed E-state index contributed by atoms with van der Waals surface area (Å²) in [6.45, 7) is 0.270. The van der Waals surface area contributed by atoms with E-state index in [1.165, 1.54) is 0 Å². The van der Waals surface area contributed by atoms with Crippen LogP contribution in [0.3, 0.4) is 0 Å². The van der Waals surface area contributed by atoms with Gasteiger partial charge in [0, 0.05) is 12.1 Å². The van der Waals surface area contributed by atoms with Crippen molar-refractivity contribution in [2.75, 3.05) is 6.54 Å². The highest BCUT2D eigenvalue weighted by molar-refractivity contribution is 5.19. The summed E-state index contributed by atoms with van der Waals surface area (Å²) in [7, 11) is 0. The Hall–Kier alpha value is -1.17. The fourth-order valence-electron chi connectivity index (χ4n) is 2.47. The summed E-state index contributed by atoms with van der Waals surface area (Å²) in [6.07, 6.45) is -4.01. The second-order valence-corrected chi connectivity index (χ2v) is 4.90. The van der Waals surface area contributed by atoms with Gasteiger partial charge in [-0.25, -0.2) is 8.78 Å². The molecule has 0 bridgehead atoms. The van der Waals surface area contributed by atoms with Gasteiger partial charge in [0.15, 0.2) is 0 Å². The van der Waals surface area contributed by atoms with Crippen molar-refractivity contribution in [2.45, 2.75) is 31.5 Å². The molecule has 1 nitrogen and oxygen atoms in total. The van der Waals surface area contributed by atoms with Crippen LogP contribution in [-0.4, -0.2) is 18.8 Å². The van der Waals surface area contributed by atoms with E-state index in [4.69, 9.17) is 0 Å². The lowest BCUT2D eigenvalue weighted by molar-refractivity contribution is -0.183. The first-order valence-electron chi connectivity index (χ1n) is 6.09. The fraction of sp³-hybridized carbons (Fsp3) is 0.538. The first-order valence-corrected chi connectivity index (χ1v) is 6.09. The maximum Gasteiger partial charge on any atom is 0.391 e. The van der Waals surface area contributed by atoms with E-state index in [0.717, 1.165) is 18.2 Å². The molecule has 6 heteroatoms. The van der Waals surface area contributed by atoms with Crippen molar-refractivity contribution in [2.24, 2.45) is 5.92 Å². The van der Waals surface area contributed by atoms with E-state index in [0.29, 0.717) is 5.56 Å². The molecule has 19 heavy (non-hydrogen) atoms. The maximum absolute atomic E-state index is 13.0. The van der Waals surface area contributed by atoms with Crippen LogP contribution in [0, 0.1) is 17.6 Å². The number of nitrogens with one attached hydrogen (secondary N) is 1. The highest BCUT2D eigenvalue weighted by Crippen LogP contribution is 2.34. The number of piperidine rings is 1. The Balaban J connectivity index is 2.02. The average Bonchev–Trinajstić information content (AvgIpc) is 2.26. The van der Waals surface area contributed by atoms with Crippen molar-refractivity contribution in [3.8, 4) is 0 Å². The fourth-order valence-corrected chi connectivity index (χ4v) is 2.47. The monoisotopic (exact) mass is 279 g/mol. The van der Waals surface area contributed by atoms with E-state index in [2.05, 4.69) is 5.32 Å². The molecule has 1 aromatic carbocycles. The third kappa shape index (κ3) is 3.89. The molecule has 1 aromatic rings. The molecule has 1 aliphatic heterocycles. The van der Waals surface area contributed by atoms with Gasteiger partial charge in [-0.2, -0.15) is 13.2 Å². The summed E-state index contributed by atoms with van der Waals surface area (Å²) in [4.78, 5) is 0. The van der Waals surface area contributed by atoms with Crippen LogP contribution in [-0.2, 0) is 6.42 Å².